The summed E-state index contributed by atoms with van der Waals surface area (Å²) < 4.78 is 12.8. The average molecular weight is 539 g/mol. The molecule has 0 saturated carbocycles. The summed E-state index contributed by atoms with van der Waals surface area (Å²) in [5.41, 5.74) is 1.87. The lowest BCUT2D eigenvalue weighted by Gasteiger charge is -2.40. The molecule has 0 spiro atoms. The second-order valence-corrected chi connectivity index (χ2v) is 9.49. The van der Waals surface area contributed by atoms with Gasteiger partial charge < -0.3 is 39.8 Å². The number of aliphatic hydroxyl groups is 4. The molecule has 1 aliphatic heterocycles. The third kappa shape index (κ3) is 5.47. The standard InChI is InChI=1S/C25H28Cl2N2O7/c1-2-7-35-14-4-5-15-16(24(33)28-21-23(32)22(31)20(12-30)36-25(21)34)11-29(19(15)9-14)10-13-3-6-17(26)18(27)8-13/h3-6,8-9,11,20-23,25,30-32,34H,2,7,10,12H2,1H3,(H,28,33)/t20?,21-,22-,23-,25?/m1/s1. The third-order valence-electron chi connectivity index (χ3n) is 6.11. The topological polar surface area (TPSA) is 133 Å². The Morgan fingerprint density at radius 3 is 2.58 bits per heavy atom. The number of halogens is 2. The molecule has 2 heterocycles. The van der Waals surface area contributed by atoms with Crippen LogP contribution >= 0.6 is 23.2 Å². The Balaban J connectivity index is 1.67. The minimum atomic E-state index is -1.62. The van der Waals surface area contributed by atoms with E-state index in [2.05, 4.69) is 5.32 Å². The fourth-order valence-corrected chi connectivity index (χ4v) is 4.53. The van der Waals surface area contributed by atoms with Crippen LogP contribution in [0.15, 0.2) is 42.6 Å². The number of rotatable bonds is 8. The molecule has 1 aromatic heterocycles. The van der Waals surface area contributed by atoms with Gasteiger partial charge in [0.15, 0.2) is 6.29 Å². The van der Waals surface area contributed by atoms with Gasteiger partial charge in [-0.25, -0.2) is 0 Å². The lowest BCUT2D eigenvalue weighted by molar-refractivity contribution is -0.252. The second kappa shape index (κ2) is 11.4. The van der Waals surface area contributed by atoms with Crippen molar-refractivity contribution in [2.45, 2.75) is 50.5 Å². The molecule has 1 amide bonds. The quantitative estimate of drug-likeness (QED) is 0.297. The van der Waals surface area contributed by atoms with Gasteiger partial charge in [0.1, 0.15) is 30.1 Å². The maximum absolute atomic E-state index is 13.3. The van der Waals surface area contributed by atoms with Crippen molar-refractivity contribution in [1.82, 2.24) is 9.88 Å². The van der Waals surface area contributed by atoms with Gasteiger partial charge in [-0.1, -0.05) is 36.2 Å². The van der Waals surface area contributed by atoms with Crippen LogP contribution in [0.5, 0.6) is 5.75 Å². The molecular formula is C25H28Cl2N2O7. The number of aliphatic hydroxyl groups excluding tert-OH is 4. The molecule has 3 aromatic rings. The Morgan fingerprint density at radius 2 is 1.89 bits per heavy atom. The molecule has 0 aliphatic carbocycles. The highest BCUT2D eigenvalue weighted by Gasteiger charge is 2.44. The zero-order valence-corrected chi connectivity index (χ0v) is 21.0. The van der Waals surface area contributed by atoms with Crippen molar-refractivity contribution in [1.29, 1.82) is 0 Å². The Morgan fingerprint density at radius 1 is 1.11 bits per heavy atom. The van der Waals surface area contributed by atoms with Crippen molar-refractivity contribution in [3.05, 3.63) is 63.8 Å². The van der Waals surface area contributed by atoms with Gasteiger partial charge in [-0.05, 0) is 36.2 Å². The molecule has 0 bridgehead atoms. The van der Waals surface area contributed by atoms with Gasteiger partial charge in [0.25, 0.3) is 5.91 Å². The van der Waals surface area contributed by atoms with Gasteiger partial charge in [-0.2, -0.15) is 0 Å². The summed E-state index contributed by atoms with van der Waals surface area (Å²) in [5, 5.41) is 44.1. The number of aromatic nitrogens is 1. The van der Waals surface area contributed by atoms with Gasteiger partial charge >= 0.3 is 0 Å². The van der Waals surface area contributed by atoms with E-state index in [0.717, 1.165) is 17.5 Å². The van der Waals surface area contributed by atoms with Crippen LogP contribution in [0.2, 0.25) is 10.0 Å². The van der Waals surface area contributed by atoms with Crippen LogP contribution in [0.3, 0.4) is 0 Å². The first-order valence-electron chi connectivity index (χ1n) is 11.5. The van der Waals surface area contributed by atoms with Crippen LogP contribution in [0.25, 0.3) is 10.9 Å². The van der Waals surface area contributed by atoms with Crippen molar-refractivity contribution in [3.8, 4) is 5.75 Å². The molecular weight excluding hydrogens is 511 g/mol. The molecule has 9 nitrogen and oxygen atoms in total. The van der Waals surface area contributed by atoms with Crippen LogP contribution in [0.4, 0.5) is 0 Å². The number of hydrogen-bond donors (Lipinski definition) is 5. The maximum atomic E-state index is 13.3. The first-order chi connectivity index (χ1) is 17.2. The predicted molar refractivity (Wildman–Crippen MR) is 135 cm³/mol. The van der Waals surface area contributed by atoms with Gasteiger partial charge in [0.2, 0.25) is 0 Å². The van der Waals surface area contributed by atoms with Crippen molar-refractivity contribution in [3.63, 3.8) is 0 Å². The van der Waals surface area contributed by atoms with Gasteiger partial charge in [0, 0.05) is 24.2 Å². The van der Waals surface area contributed by atoms with E-state index in [1.54, 1.807) is 30.5 Å². The number of carbonyl (C=O) groups is 1. The SMILES string of the molecule is CCCOc1ccc2c(C(=O)N[C@H]3C(O)OC(CO)[C@@H](O)[C@@H]3O)cn(Cc3ccc(Cl)c(Cl)c3)c2c1. The predicted octanol–water partition coefficient (Wildman–Crippen LogP) is 2.31. The minimum absolute atomic E-state index is 0.283. The van der Waals surface area contributed by atoms with E-state index >= 15 is 0 Å². The molecule has 194 valence electrons. The smallest absolute Gasteiger partial charge is 0.253 e. The lowest BCUT2D eigenvalue weighted by atomic mass is 9.96. The number of hydrogen-bond acceptors (Lipinski definition) is 7. The molecule has 1 aliphatic rings. The highest BCUT2D eigenvalue weighted by molar-refractivity contribution is 6.42. The second-order valence-electron chi connectivity index (χ2n) is 8.67. The normalized spacial score (nSPS) is 24.1. The highest BCUT2D eigenvalue weighted by atomic mass is 35.5. The first-order valence-corrected chi connectivity index (χ1v) is 12.3. The summed E-state index contributed by atoms with van der Waals surface area (Å²) in [4.78, 5) is 13.3. The van der Waals surface area contributed by atoms with E-state index in [1.807, 2.05) is 23.6 Å². The summed E-state index contributed by atoms with van der Waals surface area (Å²) in [6, 6.07) is 9.34. The van der Waals surface area contributed by atoms with Crippen LogP contribution in [-0.4, -0.2) is 74.8 Å². The molecule has 2 unspecified atom stereocenters. The Hall–Kier alpha value is -2.37. The number of benzene rings is 2. The molecule has 0 radical (unpaired) electrons. The fourth-order valence-electron chi connectivity index (χ4n) is 4.21. The number of ether oxygens (including phenoxy) is 2. The number of amides is 1. The fraction of sp³-hybridized carbons (Fsp3) is 0.400. The van der Waals surface area contributed by atoms with Crippen molar-refractivity contribution in [2.24, 2.45) is 0 Å². The summed E-state index contributed by atoms with van der Waals surface area (Å²) in [6.45, 7) is 2.33. The first kappa shape index (κ1) is 26.7. The van der Waals surface area contributed by atoms with E-state index in [9.17, 15) is 25.2 Å². The van der Waals surface area contributed by atoms with E-state index in [0.29, 0.717) is 34.3 Å². The van der Waals surface area contributed by atoms with Gasteiger partial charge in [-0.15, -0.1) is 0 Å². The number of nitrogens with zero attached hydrogens (tertiary/aromatic N) is 1. The summed E-state index contributed by atoms with van der Waals surface area (Å²) in [5.74, 6) is 0.0611. The highest BCUT2D eigenvalue weighted by Crippen LogP contribution is 2.29. The maximum Gasteiger partial charge on any atom is 0.253 e. The van der Waals surface area contributed by atoms with Crippen LogP contribution in [0, 0.1) is 0 Å². The largest absolute Gasteiger partial charge is 0.494 e. The van der Waals surface area contributed by atoms with Crippen LogP contribution in [0.1, 0.15) is 29.3 Å². The zero-order chi connectivity index (χ0) is 26.0. The Labute approximate surface area is 217 Å². The molecule has 5 N–H and O–H groups in total. The van der Waals surface area contributed by atoms with Crippen LogP contribution < -0.4 is 10.1 Å². The lowest BCUT2D eigenvalue weighted by Crippen LogP contribution is -2.64. The monoisotopic (exact) mass is 538 g/mol. The summed E-state index contributed by atoms with van der Waals surface area (Å²) >= 11 is 12.2. The van der Waals surface area contributed by atoms with Crippen molar-refractivity contribution in [2.75, 3.05) is 13.2 Å². The van der Waals surface area contributed by atoms with Crippen molar-refractivity contribution < 1.29 is 34.7 Å². The van der Waals surface area contributed by atoms with E-state index in [1.165, 1.54) is 0 Å². The van der Waals surface area contributed by atoms with Gasteiger partial charge in [0.05, 0.1) is 34.3 Å². The Bertz CT molecular complexity index is 1230. The van der Waals surface area contributed by atoms with Gasteiger partial charge in [-0.3, -0.25) is 4.79 Å². The van der Waals surface area contributed by atoms with E-state index < -0.39 is 43.2 Å². The molecule has 11 heteroatoms. The van der Waals surface area contributed by atoms with E-state index in [-0.39, 0.29) is 5.56 Å². The average Bonchev–Trinajstić information content (AvgIpc) is 3.22. The molecule has 36 heavy (non-hydrogen) atoms. The Kier molecular flexibility index (Phi) is 8.41. The van der Waals surface area contributed by atoms with Crippen molar-refractivity contribution >= 4 is 40.0 Å². The number of fused-ring (bicyclic) bond motifs is 1. The molecule has 1 fully saturated rings. The zero-order valence-electron chi connectivity index (χ0n) is 19.5. The summed E-state index contributed by atoms with van der Waals surface area (Å²) in [7, 11) is 0. The molecule has 5 atom stereocenters. The minimum Gasteiger partial charge on any atom is -0.494 e. The summed E-state index contributed by atoms with van der Waals surface area (Å²) in [6.07, 6.45) is -3.33. The molecule has 1 saturated heterocycles. The molecule has 4 rings (SSSR count). The third-order valence-corrected chi connectivity index (χ3v) is 6.85. The number of nitrogens with one attached hydrogen (secondary N) is 1. The number of carbonyl (C=O) groups excluding carboxylic acids is 1. The van der Waals surface area contributed by atoms with Crippen LogP contribution in [-0.2, 0) is 11.3 Å². The van der Waals surface area contributed by atoms with E-state index in [4.69, 9.17) is 32.7 Å². The molecule has 2 aromatic carbocycles.